The van der Waals surface area contributed by atoms with Gasteiger partial charge in [0.05, 0.1) is 11.2 Å². The number of halogens is 3. The van der Waals surface area contributed by atoms with Crippen molar-refractivity contribution >= 4 is 45.6 Å². The summed E-state index contributed by atoms with van der Waals surface area (Å²) < 4.78 is 27.8. The first-order valence-electron chi connectivity index (χ1n) is 9.05. The lowest BCUT2D eigenvalue weighted by molar-refractivity contribution is -0.111. The Balaban J connectivity index is 1.95. The van der Waals surface area contributed by atoms with Crippen molar-refractivity contribution < 1.29 is 13.6 Å². The van der Waals surface area contributed by atoms with Gasteiger partial charge in [-0.2, -0.15) is 0 Å². The van der Waals surface area contributed by atoms with E-state index >= 15 is 0 Å². The summed E-state index contributed by atoms with van der Waals surface area (Å²) in [6.07, 6.45) is 4.54. The minimum atomic E-state index is -0.920. The number of rotatable bonds is 6. The van der Waals surface area contributed by atoms with E-state index < -0.39 is 16.7 Å². The summed E-state index contributed by atoms with van der Waals surface area (Å²) in [7, 11) is 3.81. The van der Waals surface area contributed by atoms with Crippen molar-refractivity contribution in [1.82, 2.24) is 14.9 Å². The normalized spacial score (nSPS) is 11.4. The minimum absolute atomic E-state index is 0.0261. The number of nitrogens with one attached hydrogen (secondary N) is 2. The molecule has 0 unspecified atom stereocenters. The van der Waals surface area contributed by atoms with E-state index in [1.807, 2.05) is 19.0 Å². The molecule has 0 radical (unpaired) electrons. The van der Waals surface area contributed by atoms with E-state index in [0.717, 1.165) is 6.07 Å². The van der Waals surface area contributed by atoms with Gasteiger partial charge in [-0.1, -0.05) is 17.7 Å². The van der Waals surface area contributed by atoms with Gasteiger partial charge in [0.2, 0.25) is 5.91 Å². The van der Waals surface area contributed by atoms with E-state index in [4.69, 9.17) is 11.6 Å². The molecule has 1 amide bonds. The van der Waals surface area contributed by atoms with E-state index in [0.29, 0.717) is 34.5 Å². The maximum absolute atomic E-state index is 14.3. The molecule has 156 valence electrons. The highest BCUT2D eigenvalue weighted by Gasteiger charge is 2.16. The number of benzene rings is 2. The molecule has 3 rings (SSSR count). The minimum Gasteiger partial charge on any atom is -0.337 e. The van der Waals surface area contributed by atoms with Gasteiger partial charge in [0.1, 0.15) is 23.0 Å². The molecule has 2 aromatic carbocycles. The number of amides is 1. The highest BCUT2D eigenvalue weighted by molar-refractivity contribution is 6.31. The predicted octanol–water partition coefficient (Wildman–Crippen LogP) is 4.67. The summed E-state index contributed by atoms with van der Waals surface area (Å²) in [6, 6.07) is 5.76. The monoisotopic (exact) mass is 431 g/mol. The predicted molar refractivity (Wildman–Crippen MR) is 115 cm³/mol. The molecule has 0 fully saturated rings. The van der Waals surface area contributed by atoms with Crippen LogP contribution in [0.5, 0.6) is 0 Å². The SMILES string of the molecule is Cc1c(NC(=O)/C=C/CN(C)C)ccc2ncnc(Nc3ccc(F)c(Cl)c3F)c12. The van der Waals surface area contributed by atoms with Gasteiger partial charge in [0.25, 0.3) is 0 Å². The van der Waals surface area contributed by atoms with Crippen molar-refractivity contribution in [2.45, 2.75) is 6.92 Å². The number of aromatic nitrogens is 2. The van der Waals surface area contributed by atoms with Crippen LogP contribution in [0, 0.1) is 18.6 Å². The van der Waals surface area contributed by atoms with Crippen LogP contribution < -0.4 is 10.6 Å². The van der Waals surface area contributed by atoms with Gasteiger partial charge in [-0.05, 0) is 50.8 Å². The molecule has 30 heavy (non-hydrogen) atoms. The molecule has 9 heteroatoms. The van der Waals surface area contributed by atoms with Crippen molar-refractivity contribution in [1.29, 1.82) is 0 Å². The van der Waals surface area contributed by atoms with Gasteiger partial charge in [-0.3, -0.25) is 4.79 Å². The third-order valence-corrected chi connectivity index (χ3v) is 4.70. The van der Waals surface area contributed by atoms with Crippen molar-refractivity contribution in [3.8, 4) is 0 Å². The molecule has 0 aliphatic heterocycles. The van der Waals surface area contributed by atoms with Crippen LogP contribution in [0.2, 0.25) is 5.02 Å². The Morgan fingerprint density at radius 1 is 1.17 bits per heavy atom. The fourth-order valence-corrected chi connectivity index (χ4v) is 3.01. The molecule has 1 heterocycles. The summed E-state index contributed by atoms with van der Waals surface area (Å²) in [5, 5.41) is 5.65. The largest absolute Gasteiger partial charge is 0.337 e. The Morgan fingerprint density at radius 2 is 1.90 bits per heavy atom. The summed E-state index contributed by atoms with van der Waals surface area (Å²) >= 11 is 5.66. The second kappa shape index (κ2) is 9.15. The molecule has 2 N–H and O–H groups in total. The molecule has 0 aliphatic carbocycles. The number of anilines is 3. The maximum atomic E-state index is 14.3. The summed E-state index contributed by atoms with van der Waals surface area (Å²) in [4.78, 5) is 22.6. The van der Waals surface area contributed by atoms with Crippen LogP contribution in [0.15, 0.2) is 42.7 Å². The average Bonchev–Trinajstić information content (AvgIpc) is 2.70. The van der Waals surface area contributed by atoms with E-state index in [-0.39, 0.29) is 11.6 Å². The van der Waals surface area contributed by atoms with Gasteiger partial charge < -0.3 is 15.5 Å². The number of likely N-dealkylation sites (N-methyl/N-ethyl adjacent to an activating group) is 1. The van der Waals surface area contributed by atoms with Gasteiger partial charge in [-0.25, -0.2) is 18.7 Å². The van der Waals surface area contributed by atoms with Crippen LogP contribution in [0.3, 0.4) is 0 Å². The first kappa shape index (κ1) is 21.6. The highest BCUT2D eigenvalue weighted by Crippen LogP contribution is 2.33. The molecule has 0 saturated heterocycles. The Morgan fingerprint density at radius 3 is 2.63 bits per heavy atom. The van der Waals surface area contributed by atoms with E-state index in [2.05, 4.69) is 20.6 Å². The maximum Gasteiger partial charge on any atom is 0.248 e. The number of hydrogen-bond acceptors (Lipinski definition) is 5. The lowest BCUT2D eigenvalue weighted by atomic mass is 10.1. The Hall–Kier alpha value is -3.10. The molecule has 6 nitrogen and oxygen atoms in total. The first-order valence-corrected chi connectivity index (χ1v) is 9.42. The quantitative estimate of drug-likeness (QED) is 0.438. The summed E-state index contributed by atoms with van der Waals surface area (Å²) in [6.45, 7) is 2.43. The summed E-state index contributed by atoms with van der Waals surface area (Å²) in [5.74, 6) is -1.74. The van der Waals surface area contributed by atoms with Gasteiger partial charge in [0, 0.05) is 23.7 Å². The number of hydrogen-bond donors (Lipinski definition) is 2. The molecule has 0 spiro atoms. The lowest BCUT2D eigenvalue weighted by Crippen LogP contribution is -2.13. The zero-order valence-corrected chi connectivity index (χ0v) is 17.4. The fraction of sp³-hybridized carbons (Fsp3) is 0.190. The van der Waals surface area contributed by atoms with Gasteiger partial charge in [0.15, 0.2) is 5.82 Å². The van der Waals surface area contributed by atoms with Crippen LogP contribution in [0.4, 0.5) is 26.0 Å². The number of carbonyl (C=O) groups is 1. The smallest absolute Gasteiger partial charge is 0.248 e. The van der Waals surface area contributed by atoms with Crippen molar-refractivity contribution in [2.75, 3.05) is 31.3 Å². The van der Waals surface area contributed by atoms with Crippen molar-refractivity contribution in [2.24, 2.45) is 0 Å². The molecular formula is C21H20ClF2N5O. The third-order valence-electron chi connectivity index (χ3n) is 4.35. The zero-order chi connectivity index (χ0) is 21.8. The molecule has 0 aliphatic rings. The van der Waals surface area contributed by atoms with E-state index in [1.54, 1.807) is 25.1 Å². The van der Waals surface area contributed by atoms with E-state index in [1.165, 1.54) is 18.5 Å². The highest BCUT2D eigenvalue weighted by atomic mass is 35.5. The number of nitrogens with zero attached hydrogens (tertiary/aromatic N) is 3. The van der Waals surface area contributed by atoms with Crippen LogP contribution in [0.1, 0.15) is 5.56 Å². The van der Waals surface area contributed by atoms with Crippen molar-refractivity contribution in [3.63, 3.8) is 0 Å². The number of carbonyl (C=O) groups excluding carboxylic acids is 1. The average molecular weight is 432 g/mol. The number of fused-ring (bicyclic) bond motifs is 1. The van der Waals surface area contributed by atoms with Crippen LogP contribution in [0.25, 0.3) is 10.9 Å². The summed E-state index contributed by atoms with van der Waals surface area (Å²) in [5.41, 5.74) is 1.83. The van der Waals surface area contributed by atoms with Crippen LogP contribution >= 0.6 is 11.6 Å². The second-order valence-corrected chi connectivity index (χ2v) is 7.23. The topological polar surface area (TPSA) is 70.2 Å². The standard InChI is InChI=1S/C21H20ClF2N5O/c1-12-14(27-17(30)5-4-10-29(2)3)8-9-15-18(12)21(26-11-25-15)28-16-7-6-13(23)19(22)20(16)24/h4-9,11H,10H2,1-3H3,(H,27,30)(H,25,26,28)/b5-4+. The zero-order valence-electron chi connectivity index (χ0n) is 16.6. The molecule has 3 aromatic rings. The Bertz CT molecular complexity index is 1130. The van der Waals surface area contributed by atoms with Crippen LogP contribution in [-0.2, 0) is 4.79 Å². The molecule has 0 atom stereocenters. The van der Waals surface area contributed by atoms with Crippen molar-refractivity contribution in [3.05, 3.63) is 65.0 Å². The molecular weight excluding hydrogens is 412 g/mol. The van der Waals surface area contributed by atoms with Crippen LogP contribution in [-0.4, -0.2) is 41.4 Å². The van der Waals surface area contributed by atoms with Gasteiger partial charge in [-0.15, -0.1) is 0 Å². The Labute approximate surface area is 177 Å². The number of aryl methyl sites for hydroxylation is 1. The Kier molecular flexibility index (Phi) is 6.59. The first-order chi connectivity index (χ1) is 14.3. The van der Waals surface area contributed by atoms with E-state index in [9.17, 15) is 13.6 Å². The van der Waals surface area contributed by atoms with Gasteiger partial charge >= 0.3 is 0 Å². The lowest BCUT2D eigenvalue weighted by Gasteiger charge is -2.14. The third kappa shape index (κ3) is 4.72. The molecule has 1 aromatic heterocycles. The molecule has 0 saturated carbocycles. The molecule has 0 bridgehead atoms. The second-order valence-electron chi connectivity index (χ2n) is 6.86. The fourth-order valence-electron chi connectivity index (χ4n) is 2.84.